The standard InChI is InChI=1S/C12H21N3/c1-10(2)5-7-15(3)12-4-6-14-9-11(12)8-13/h4,6,9-10H,5,7-8,13H2,1-3H3. The van der Waals surface area contributed by atoms with Gasteiger partial charge in [-0.3, -0.25) is 4.98 Å². The summed E-state index contributed by atoms with van der Waals surface area (Å²) in [6.45, 7) is 6.10. The van der Waals surface area contributed by atoms with Crippen LogP contribution in [0.25, 0.3) is 0 Å². The van der Waals surface area contributed by atoms with Crippen molar-refractivity contribution in [2.75, 3.05) is 18.5 Å². The van der Waals surface area contributed by atoms with Crippen molar-refractivity contribution in [3.05, 3.63) is 24.0 Å². The summed E-state index contributed by atoms with van der Waals surface area (Å²) in [5.41, 5.74) is 7.99. The van der Waals surface area contributed by atoms with Gasteiger partial charge in [0.2, 0.25) is 0 Å². The number of nitrogens with two attached hydrogens (primary N) is 1. The third-order valence-corrected chi connectivity index (χ3v) is 2.55. The largest absolute Gasteiger partial charge is 0.374 e. The Labute approximate surface area is 92.3 Å². The lowest BCUT2D eigenvalue weighted by Crippen LogP contribution is -2.22. The van der Waals surface area contributed by atoms with E-state index in [0.717, 1.165) is 18.0 Å². The fraction of sp³-hybridized carbons (Fsp3) is 0.583. The zero-order valence-electron chi connectivity index (χ0n) is 9.90. The van der Waals surface area contributed by atoms with E-state index in [0.29, 0.717) is 6.54 Å². The zero-order valence-corrected chi connectivity index (χ0v) is 9.90. The van der Waals surface area contributed by atoms with E-state index in [2.05, 4.69) is 30.8 Å². The lowest BCUT2D eigenvalue weighted by atomic mass is 10.1. The Hall–Kier alpha value is -1.09. The van der Waals surface area contributed by atoms with Crippen LogP contribution in [0.5, 0.6) is 0 Å². The van der Waals surface area contributed by atoms with Crippen molar-refractivity contribution >= 4 is 5.69 Å². The van der Waals surface area contributed by atoms with E-state index in [1.807, 2.05) is 18.5 Å². The second-order valence-electron chi connectivity index (χ2n) is 4.31. The van der Waals surface area contributed by atoms with Gasteiger partial charge in [-0.2, -0.15) is 0 Å². The predicted octanol–water partition coefficient (Wildman–Crippen LogP) is 2.02. The second kappa shape index (κ2) is 5.71. The smallest absolute Gasteiger partial charge is 0.0440 e. The van der Waals surface area contributed by atoms with Crippen molar-refractivity contribution in [2.45, 2.75) is 26.8 Å². The van der Waals surface area contributed by atoms with Gasteiger partial charge in [0.15, 0.2) is 0 Å². The summed E-state index contributed by atoms with van der Waals surface area (Å²) in [5.74, 6) is 0.732. The van der Waals surface area contributed by atoms with E-state index in [1.165, 1.54) is 12.1 Å². The molecule has 0 radical (unpaired) electrons. The van der Waals surface area contributed by atoms with Gasteiger partial charge in [-0.15, -0.1) is 0 Å². The van der Waals surface area contributed by atoms with Gasteiger partial charge in [0.1, 0.15) is 0 Å². The molecule has 0 aliphatic carbocycles. The molecule has 0 bridgehead atoms. The number of pyridine rings is 1. The molecule has 0 amide bonds. The number of hydrogen-bond donors (Lipinski definition) is 1. The van der Waals surface area contributed by atoms with Crippen molar-refractivity contribution in [2.24, 2.45) is 11.7 Å². The van der Waals surface area contributed by atoms with Crippen LogP contribution in [0.2, 0.25) is 0 Å². The van der Waals surface area contributed by atoms with E-state index in [1.54, 1.807) is 0 Å². The van der Waals surface area contributed by atoms with Crippen molar-refractivity contribution in [1.29, 1.82) is 0 Å². The quantitative estimate of drug-likeness (QED) is 0.803. The predicted molar refractivity (Wildman–Crippen MR) is 64.9 cm³/mol. The highest BCUT2D eigenvalue weighted by Gasteiger charge is 2.06. The van der Waals surface area contributed by atoms with Crippen LogP contribution in [0.15, 0.2) is 18.5 Å². The third kappa shape index (κ3) is 3.51. The Balaban J connectivity index is 2.68. The first-order valence-corrected chi connectivity index (χ1v) is 5.49. The molecule has 1 aromatic rings. The maximum atomic E-state index is 5.68. The number of nitrogens with zero attached hydrogens (tertiary/aromatic N) is 2. The first kappa shape index (κ1) is 12.0. The molecule has 1 aromatic heterocycles. The molecule has 3 nitrogen and oxygen atoms in total. The molecule has 0 spiro atoms. The Morgan fingerprint density at radius 1 is 1.47 bits per heavy atom. The molecule has 84 valence electrons. The highest BCUT2D eigenvalue weighted by molar-refractivity contribution is 5.51. The minimum atomic E-state index is 0.551. The van der Waals surface area contributed by atoms with Gasteiger partial charge in [0.05, 0.1) is 0 Å². The molecule has 0 saturated heterocycles. The zero-order chi connectivity index (χ0) is 11.3. The van der Waals surface area contributed by atoms with E-state index in [-0.39, 0.29) is 0 Å². The summed E-state index contributed by atoms with van der Waals surface area (Å²) >= 11 is 0. The SMILES string of the molecule is CC(C)CCN(C)c1ccncc1CN. The normalized spacial score (nSPS) is 10.7. The van der Waals surface area contributed by atoms with Crippen LogP contribution in [0.1, 0.15) is 25.8 Å². The second-order valence-corrected chi connectivity index (χ2v) is 4.31. The summed E-state index contributed by atoms with van der Waals surface area (Å²) < 4.78 is 0. The van der Waals surface area contributed by atoms with E-state index < -0.39 is 0 Å². The van der Waals surface area contributed by atoms with Crippen LogP contribution >= 0.6 is 0 Å². The van der Waals surface area contributed by atoms with Gasteiger partial charge in [0, 0.05) is 43.8 Å². The number of anilines is 1. The Morgan fingerprint density at radius 3 is 2.80 bits per heavy atom. The molecular weight excluding hydrogens is 186 g/mol. The van der Waals surface area contributed by atoms with Crippen molar-refractivity contribution in [3.8, 4) is 0 Å². The Kier molecular flexibility index (Phi) is 4.56. The van der Waals surface area contributed by atoms with Crippen molar-refractivity contribution in [1.82, 2.24) is 4.98 Å². The molecule has 0 fully saturated rings. The average Bonchev–Trinajstić information content (AvgIpc) is 2.25. The molecule has 1 heterocycles. The minimum absolute atomic E-state index is 0.551. The molecule has 0 aliphatic heterocycles. The Bertz CT molecular complexity index is 297. The summed E-state index contributed by atoms with van der Waals surface area (Å²) in [6, 6.07) is 2.03. The number of aromatic nitrogens is 1. The lowest BCUT2D eigenvalue weighted by molar-refractivity contribution is 0.584. The first-order chi connectivity index (χ1) is 7.15. The van der Waals surface area contributed by atoms with Gasteiger partial charge in [-0.05, 0) is 18.4 Å². The molecule has 0 atom stereocenters. The van der Waals surface area contributed by atoms with E-state index >= 15 is 0 Å². The molecule has 3 heteroatoms. The maximum absolute atomic E-state index is 5.68. The minimum Gasteiger partial charge on any atom is -0.374 e. The van der Waals surface area contributed by atoms with Crippen LogP contribution < -0.4 is 10.6 Å². The van der Waals surface area contributed by atoms with Gasteiger partial charge in [0.25, 0.3) is 0 Å². The van der Waals surface area contributed by atoms with Gasteiger partial charge >= 0.3 is 0 Å². The third-order valence-electron chi connectivity index (χ3n) is 2.55. The highest BCUT2D eigenvalue weighted by atomic mass is 15.1. The average molecular weight is 207 g/mol. The summed E-state index contributed by atoms with van der Waals surface area (Å²) in [4.78, 5) is 6.34. The first-order valence-electron chi connectivity index (χ1n) is 5.49. The fourth-order valence-corrected chi connectivity index (χ4v) is 1.52. The molecule has 0 aliphatic rings. The van der Waals surface area contributed by atoms with Crippen LogP contribution in [0.3, 0.4) is 0 Å². The maximum Gasteiger partial charge on any atom is 0.0440 e. The lowest BCUT2D eigenvalue weighted by Gasteiger charge is -2.22. The van der Waals surface area contributed by atoms with E-state index in [4.69, 9.17) is 5.73 Å². The Morgan fingerprint density at radius 2 is 2.20 bits per heavy atom. The summed E-state index contributed by atoms with van der Waals surface area (Å²) in [5, 5.41) is 0. The summed E-state index contributed by atoms with van der Waals surface area (Å²) in [7, 11) is 2.11. The monoisotopic (exact) mass is 207 g/mol. The molecule has 1 rings (SSSR count). The molecule has 2 N–H and O–H groups in total. The summed E-state index contributed by atoms with van der Waals surface area (Å²) in [6.07, 6.45) is 4.87. The highest BCUT2D eigenvalue weighted by Crippen LogP contribution is 2.18. The van der Waals surface area contributed by atoms with Crippen molar-refractivity contribution < 1.29 is 0 Å². The van der Waals surface area contributed by atoms with Gasteiger partial charge in [-0.1, -0.05) is 13.8 Å². The molecule has 0 aromatic carbocycles. The van der Waals surface area contributed by atoms with E-state index in [9.17, 15) is 0 Å². The molecular formula is C12H21N3. The number of rotatable bonds is 5. The van der Waals surface area contributed by atoms with Crippen LogP contribution in [0.4, 0.5) is 5.69 Å². The van der Waals surface area contributed by atoms with Crippen LogP contribution in [0, 0.1) is 5.92 Å². The van der Waals surface area contributed by atoms with Gasteiger partial charge in [-0.25, -0.2) is 0 Å². The van der Waals surface area contributed by atoms with Crippen LogP contribution in [-0.4, -0.2) is 18.6 Å². The molecule has 0 unspecified atom stereocenters. The fourth-order valence-electron chi connectivity index (χ4n) is 1.52. The number of hydrogen-bond acceptors (Lipinski definition) is 3. The van der Waals surface area contributed by atoms with Crippen LogP contribution in [-0.2, 0) is 6.54 Å². The van der Waals surface area contributed by atoms with Crippen molar-refractivity contribution in [3.63, 3.8) is 0 Å². The molecule has 15 heavy (non-hydrogen) atoms. The topological polar surface area (TPSA) is 42.2 Å². The van der Waals surface area contributed by atoms with Gasteiger partial charge < -0.3 is 10.6 Å². The molecule has 0 saturated carbocycles.